The Labute approximate surface area is 151 Å². The van der Waals surface area contributed by atoms with Crippen LogP contribution in [0, 0.1) is 19.7 Å². The maximum absolute atomic E-state index is 13.5. The van der Waals surface area contributed by atoms with E-state index in [1.165, 1.54) is 12.1 Å². The number of nitrogens with zero attached hydrogens (tertiary/aromatic N) is 1. The fourth-order valence-corrected chi connectivity index (χ4v) is 3.46. The van der Waals surface area contributed by atoms with Gasteiger partial charge in [-0.3, -0.25) is 4.79 Å². The first-order valence-electron chi connectivity index (χ1n) is 8.56. The fraction of sp³-hybridized carbons (Fsp3) is 0.136. The average Bonchev–Trinajstić information content (AvgIpc) is 3.06. The average molecular weight is 346 g/mol. The van der Waals surface area contributed by atoms with Gasteiger partial charge in [0.2, 0.25) is 0 Å². The highest BCUT2D eigenvalue weighted by Gasteiger charge is 2.32. The molecule has 0 unspecified atom stereocenters. The molecule has 1 aliphatic heterocycles. The minimum absolute atomic E-state index is 0.0675. The van der Waals surface area contributed by atoms with Gasteiger partial charge in [0.15, 0.2) is 0 Å². The lowest BCUT2D eigenvalue weighted by molar-refractivity contribution is -0.113. The van der Waals surface area contributed by atoms with Crippen molar-refractivity contribution in [2.24, 2.45) is 0 Å². The molecule has 3 aromatic rings. The highest BCUT2D eigenvalue weighted by Crippen LogP contribution is 2.38. The number of aromatic nitrogens is 1. The van der Waals surface area contributed by atoms with Crippen LogP contribution in [-0.2, 0) is 11.3 Å². The summed E-state index contributed by atoms with van der Waals surface area (Å²) >= 11 is 0. The summed E-state index contributed by atoms with van der Waals surface area (Å²) in [5.41, 5.74) is 6.28. The number of rotatable bonds is 3. The molecule has 130 valence electrons. The highest BCUT2D eigenvalue weighted by atomic mass is 19.1. The lowest BCUT2D eigenvalue weighted by Crippen LogP contribution is -2.25. The number of benzene rings is 2. The van der Waals surface area contributed by atoms with Gasteiger partial charge >= 0.3 is 0 Å². The van der Waals surface area contributed by atoms with Gasteiger partial charge in [-0.2, -0.15) is 0 Å². The Bertz CT molecular complexity index is 1030. The molecule has 0 bridgehead atoms. The largest absolute Gasteiger partial charge is 0.359 e. The molecule has 0 fully saturated rings. The molecule has 1 amide bonds. The van der Waals surface area contributed by atoms with Gasteiger partial charge in [-0.1, -0.05) is 30.3 Å². The van der Waals surface area contributed by atoms with Gasteiger partial charge in [0.05, 0.1) is 17.8 Å². The molecule has 0 saturated heterocycles. The minimum Gasteiger partial charge on any atom is -0.359 e. The van der Waals surface area contributed by atoms with Crippen molar-refractivity contribution < 1.29 is 9.18 Å². The summed E-state index contributed by atoms with van der Waals surface area (Å²) in [6.07, 6.45) is 1.91. The van der Waals surface area contributed by atoms with E-state index in [1.54, 1.807) is 11.0 Å². The van der Waals surface area contributed by atoms with Crippen molar-refractivity contribution in [2.45, 2.75) is 20.4 Å². The smallest absolute Gasteiger partial charge is 0.259 e. The predicted molar refractivity (Wildman–Crippen MR) is 102 cm³/mol. The molecule has 0 aliphatic carbocycles. The molecule has 0 saturated carbocycles. The van der Waals surface area contributed by atoms with Gasteiger partial charge < -0.3 is 9.88 Å². The molecule has 4 rings (SSSR count). The van der Waals surface area contributed by atoms with E-state index in [0.29, 0.717) is 12.1 Å². The van der Waals surface area contributed by atoms with Crippen LogP contribution in [0.3, 0.4) is 0 Å². The molecule has 1 aliphatic rings. The summed E-state index contributed by atoms with van der Waals surface area (Å²) in [5, 5.41) is 0. The first-order chi connectivity index (χ1) is 12.5. The molecule has 0 atom stereocenters. The van der Waals surface area contributed by atoms with Crippen molar-refractivity contribution >= 4 is 23.2 Å². The Hall–Kier alpha value is -3.14. The van der Waals surface area contributed by atoms with E-state index in [0.717, 1.165) is 33.8 Å². The molecular formula is C22H19FN2O. The van der Waals surface area contributed by atoms with Crippen LogP contribution in [0.25, 0.3) is 11.6 Å². The molecule has 26 heavy (non-hydrogen) atoms. The summed E-state index contributed by atoms with van der Waals surface area (Å²) in [6.45, 7) is 4.36. The van der Waals surface area contributed by atoms with Gasteiger partial charge in [-0.15, -0.1) is 0 Å². The maximum atomic E-state index is 13.5. The molecule has 4 heteroatoms. The summed E-state index contributed by atoms with van der Waals surface area (Å²) in [4.78, 5) is 18.1. The normalized spacial score (nSPS) is 15.0. The number of fused-ring (bicyclic) bond motifs is 1. The molecule has 2 aromatic carbocycles. The van der Waals surface area contributed by atoms with E-state index in [2.05, 4.69) is 11.1 Å². The van der Waals surface area contributed by atoms with Crippen molar-refractivity contribution in [2.75, 3.05) is 4.90 Å². The zero-order chi connectivity index (χ0) is 18.3. The summed E-state index contributed by atoms with van der Waals surface area (Å²) in [5.74, 6) is -0.363. The number of carbonyl (C=O) groups is 1. The number of hydrogen-bond acceptors (Lipinski definition) is 1. The number of para-hydroxylation sites is 1. The topological polar surface area (TPSA) is 36.1 Å². The van der Waals surface area contributed by atoms with Crippen LogP contribution in [0.2, 0.25) is 0 Å². The molecule has 0 radical (unpaired) electrons. The third-order valence-electron chi connectivity index (χ3n) is 4.67. The van der Waals surface area contributed by atoms with Gasteiger partial charge in [-0.25, -0.2) is 4.39 Å². The molecule has 1 aromatic heterocycles. The molecule has 2 heterocycles. The lowest BCUT2D eigenvalue weighted by Gasteiger charge is -2.17. The number of H-pyrrole nitrogens is 1. The number of carbonyl (C=O) groups excluding carboxylic acids is 1. The van der Waals surface area contributed by atoms with Crippen molar-refractivity contribution in [3.63, 3.8) is 0 Å². The maximum Gasteiger partial charge on any atom is 0.259 e. The van der Waals surface area contributed by atoms with Crippen LogP contribution in [0.5, 0.6) is 0 Å². The molecular weight excluding hydrogens is 327 g/mol. The summed E-state index contributed by atoms with van der Waals surface area (Å²) in [6, 6.07) is 16.2. The quantitative estimate of drug-likeness (QED) is 0.676. The predicted octanol–water partition coefficient (Wildman–Crippen LogP) is 4.86. The standard InChI is InChI=1S/C22H19FN2O/c1-14-10-15(2)24-20(14)12-19-18-8-3-4-9-21(18)25(22(19)26)13-16-6-5-7-17(23)11-16/h3-12,24H,13H2,1-2H3/b19-12-. The Morgan fingerprint density at radius 2 is 1.88 bits per heavy atom. The summed E-state index contributed by atoms with van der Waals surface area (Å²) < 4.78 is 13.5. The van der Waals surface area contributed by atoms with E-state index < -0.39 is 0 Å². The first kappa shape index (κ1) is 16.3. The number of amides is 1. The number of anilines is 1. The molecule has 3 nitrogen and oxygen atoms in total. The Morgan fingerprint density at radius 3 is 2.62 bits per heavy atom. The van der Waals surface area contributed by atoms with Crippen molar-refractivity contribution in [3.05, 3.63) is 88.5 Å². The molecule has 1 N–H and O–H groups in total. The van der Waals surface area contributed by atoms with Gasteiger partial charge in [-0.05, 0) is 55.3 Å². The Balaban J connectivity index is 1.76. The lowest BCUT2D eigenvalue weighted by atomic mass is 10.1. The number of aromatic amines is 1. The van der Waals surface area contributed by atoms with Crippen LogP contribution in [-0.4, -0.2) is 10.9 Å². The van der Waals surface area contributed by atoms with E-state index in [9.17, 15) is 9.18 Å². The van der Waals surface area contributed by atoms with Gasteiger partial charge in [0.25, 0.3) is 5.91 Å². The fourth-order valence-electron chi connectivity index (χ4n) is 3.46. The summed E-state index contributed by atoms with van der Waals surface area (Å²) in [7, 11) is 0. The van der Waals surface area contributed by atoms with Crippen molar-refractivity contribution in [1.82, 2.24) is 4.98 Å². The van der Waals surface area contributed by atoms with Crippen molar-refractivity contribution in [1.29, 1.82) is 0 Å². The van der Waals surface area contributed by atoms with Crippen LogP contribution in [0.15, 0.2) is 54.6 Å². The third kappa shape index (κ3) is 2.84. The minimum atomic E-state index is -0.296. The SMILES string of the molecule is Cc1cc(C)c(/C=C2\C(=O)N(Cc3cccc(F)c3)c3ccccc32)[nH]1. The highest BCUT2D eigenvalue weighted by molar-refractivity contribution is 6.35. The number of halogens is 1. The zero-order valence-corrected chi connectivity index (χ0v) is 14.7. The monoisotopic (exact) mass is 346 g/mol. The first-order valence-corrected chi connectivity index (χ1v) is 8.56. The van der Waals surface area contributed by atoms with Crippen LogP contribution in [0.4, 0.5) is 10.1 Å². The molecule has 0 spiro atoms. The van der Waals surface area contributed by atoms with E-state index in [1.807, 2.05) is 50.3 Å². The second-order valence-electron chi connectivity index (χ2n) is 6.65. The zero-order valence-electron chi connectivity index (χ0n) is 14.7. The van der Waals surface area contributed by atoms with E-state index in [-0.39, 0.29) is 11.7 Å². The third-order valence-corrected chi connectivity index (χ3v) is 4.67. The second kappa shape index (κ2) is 6.30. The van der Waals surface area contributed by atoms with Gasteiger partial charge in [0, 0.05) is 17.0 Å². The Morgan fingerprint density at radius 1 is 1.08 bits per heavy atom. The number of nitrogens with one attached hydrogen (secondary N) is 1. The van der Waals surface area contributed by atoms with Crippen molar-refractivity contribution in [3.8, 4) is 0 Å². The number of aryl methyl sites for hydroxylation is 2. The van der Waals surface area contributed by atoms with Crippen LogP contribution < -0.4 is 4.90 Å². The Kier molecular flexibility index (Phi) is 3.96. The second-order valence-corrected chi connectivity index (χ2v) is 6.65. The van der Waals surface area contributed by atoms with Crippen LogP contribution in [0.1, 0.15) is 28.1 Å². The van der Waals surface area contributed by atoms with Gasteiger partial charge in [0.1, 0.15) is 5.82 Å². The van der Waals surface area contributed by atoms with E-state index in [4.69, 9.17) is 0 Å². The number of hydrogen-bond donors (Lipinski definition) is 1. The van der Waals surface area contributed by atoms with Crippen LogP contribution >= 0.6 is 0 Å². The van der Waals surface area contributed by atoms with E-state index >= 15 is 0 Å².